The number of hydrogen-bond donors (Lipinski definition) is 2. The molecule has 0 saturated carbocycles. The van der Waals surface area contributed by atoms with Gasteiger partial charge in [0, 0.05) is 24.1 Å². The Balaban J connectivity index is 2.37. The van der Waals surface area contributed by atoms with Crippen LogP contribution in [-0.2, 0) is 15.4 Å². The Morgan fingerprint density at radius 2 is 2.04 bits per heavy atom. The Morgan fingerprint density at radius 3 is 2.61 bits per heavy atom. The van der Waals surface area contributed by atoms with Crippen LogP contribution in [0.1, 0.15) is 39.7 Å². The van der Waals surface area contributed by atoms with Gasteiger partial charge in [0.05, 0.1) is 16.3 Å². The Bertz CT molecular complexity index is 1000. The molecule has 0 radical (unpaired) electrons. The van der Waals surface area contributed by atoms with E-state index in [1.165, 1.54) is 39.0 Å². The summed E-state index contributed by atoms with van der Waals surface area (Å²) in [7, 11) is -3.95. The zero-order valence-electron chi connectivity index (χ0n) is 15.8. The van der Waals surface area contributed by atoms with Crippen LogP contribution in [-0.4, -0.2) is 46.5 Å². The van der Waals surface area contributed by atoms with Crippen molar-refractivity contribution in [3.63, 3.8) is 0 Å². The lowest BCUT2D eigenvalue weighted by Gasteiger charge is -2.44. The van der Waals surface area contributed by atoms with Crippen LogP contribution in [0, 0.1) is 10.1 Å². The number of nitrogens with zero attached hydrogens (tertiary/aromatic N) is 2. The minimum absolute atomic E-state index is 0.106. The largest absolute Gasteiger partial charge is 0.490 e. The SMILES string of the molecule is CC1CC2[C@](C)(N=C(NC(=O)O)C(C)(C)S2(=O)=O)c2cc([N+](=O)[O-])ccc2O1. The summed E-state index contributed by atoms with van der Waals surface area (Å²) in [4.78, 5) is 26.4. The molecule has 3 rings (SSSR count). The molecule has 1 amide bonds. The predicted molar refractivity (Wildman–Crippen MR) is 101 cm³/mol. The fourth-order valence-electron chi connectivity index (χ4n) is 3.80. The summed E-state index contributed by atoms with van der Waals surface area (Å²) < 4.78 is 31.2. The van der Waals surface area contributed by atoms with Crippen molar-refractivity contribution in [1.82, 2.24) is 5.32 Å². The summed E-state index contributed by atoms with van der Waals surface area (Å²) in [6.07, 6.45) is -1.82. The smallest absolute Gasteiger partial charge is 0.410 e. The van der Waals surface area contributed by atoms with Gasteiger partial charge in [-0.15, -0.1) is 0 Å². The third kappa shape index (κ3) is 2.81. The number of nitrogens with one attached hydrogen (secondary N) is 1. The lowest BCUT2D eigenvalue weighted by Crippen LogP contribution is -2.61. The van der Waals surface area contributed by atoms with E-state index in [1.807, 2.05) is 0 Å². The van der Waals surface area contributed by atoms with Gasteiger partial charge in [0.25, 0.3) is 5.69 Å². The summed E-state index contributed by atoms with van der Waals surface area (Å²) in [5, 5.41) is 21.5. The van der Waals surface area contributed by atoms with Gasteiger partial charge >= 0.3 is 6.09 Å². The first-order valence-corrected chi connectivity index (χ1v) is 10.1. The Hall–Kier alpha value is -2.69. The van der Waals surface area contributed by atoms with Gasteiger partial charge in [-0.25, -0.2) is 13.2 Å². The number of nitro benzene ring substituents is 1. The molecule has 0 fully saturated rings. The molecule has 10 nitrogen and oxygen atoms in total. The quantitative estimate of drug-likeness (QED) is 0.531. The second-order valence-corrected chi connectivity index (χ2v) is 10.4. The molecular weight excluding hydrogens is 390 g/mol. The minimum Gasteiger partial charge on any atom is -0.490 e. The number of carbonyl (C=O) groups is 1. The van der Waals surface area contributed by atoms with Gasteiger partial charge in [0.15, 0.2) is 9.84 Å². The number of aliphatic imine (C=N–C) groups is 1. The van der Waals surface area contributed by atoms with Gasteiger partial charge in [0.2, 0.25) is 0 Å². The third-order valence-electron chi connectivity index (χ3n) is 5.45. The zero-order valence-corrected chi connectivity index (χ0v) is 16.6. The summed E-state index contributed by atoms with van der Waals surface area (Å²) in [5.41, 5.74) is -1.46. The first kappa shape index (κ1) is 20.1. The monoisotopic (exact) mass is 411 g/mol. The molecule has 2 aliphatic heterocycles. The molecule has 2 unspecified atom stereocenters. The average molecular weight is 411 g/mol. The molecule has 0 saturated heterocycles. The van der Waals surface area contributed by atoms with E-state index >= 15 is 0 Å². The molecular formula is C17H21N3O7S. The van der Waals surface area contributed by atoms with Crippen molar-refractivity contribution in [2.75, 3.05) is 0 Å². The van der Waals surface area contributed by atoms with Crippen LogP contribution in [0.15, 0.2) is 23.2 Å². The number of benzene rings is 1. The maximum absolute atomic E-state index is 13.5. The molecule has 2 N–H and O–H groups in total. The van der Waals surface area contributed by atoms with Crippen molar-refractivity contribution < 1.29 is 28.0 Å². The van der Waals surface area contributed by atoms with Gasteiger partial charge in [-0.1, -0.05) is 0 Å². The van der Waals surface area contributed by atoms with Gasteiger partial charge < -0.3 is 9.84 Å². The number of hydrogen-bond acceptors (Lipinski definition) is 7. The molecule has 1 aromatic rings. The Labute approximate surface area is 161 Å². The Kier molecular flexibility index (Phi) is 4.41. The third-order valence-corrected chi connectivity index (χ3v) is 8.46. The van der Waals surface area contributed by atoms with Crippen LogP contribution in [0.25, 0.3) is 0 Å². The van der Waals surface area contributed by atoms with Crippen LogP contribution in [0.5, 0.6) is 5.75 Å². The van der Waals surface area contributed by atoms with Crippen molar-refractivity contribution in [3.8, 4) is 5.75 Å². The van der Waals surface area contributed by atoms with E-state index in [1.54, 1.807) is 6.92 Å². The van der Waals surface area contributed by atoms with Gasteiger partial charge in [0.1, 0.15) is 21.9 Å². The molecule has 3 atom stereocenters. The lowest BCUT2D eigenvalue weighted by atomic mass is 9.85. The van der Waals surface area contributed by atoms with Crippen molar-refractivity contribution in [2.45, 2.75) is 55.8 Å². The number of amidine groups is 1. The molecule has 0 spiro atoms. The maximum Gasteiger partial charge on any atom is 0.410 e. The highest BCUT2D eigenvalue weighted by Crippen LogP contribution is 2.49. The molecule has 1 aromatic carbocycles. The van der Waals surface area contributed by atoms with E-state index in [0.717, 1.165) is 0 Å². The van der Waals surface area contributed by atoms with E-state index in [4.69, 9.17) is 9.84 Å². The molecule has 11 heteroatoms. The van der Waals surface area contributed by atoms with Crippen LogP contribution in [0.3, 0.4) is 0 Å². The van der Waals surface area contributed by atoms with Gasteiger partial charge in [-0.2, -0.15) is 0 Å². The van der Waals surface area contributed by atoms with Crippen LogP contribution >= 0.6 is 0 Å². The van der Waals surface area contributed by atoms with E-state index in [0.29, 0.717) is 0 Å². The number of carboxylic acid groups (broad SMARTS) is 1. The van der Waals surface area contributed by atoms with Crippen LogP contribution in [0.4, 0.5) is 10.5 Å². The number of ether oxygens (including phenoxy) is 1. The fraction of sp³-hybridized carbons (Fsp3) is 0.529. The van der Waals surface area contributed by atoms with E-state index in [-0.39, 0.29) is 29.3 Å². The van der Waals surface area contributed by atoms with Crippen LogP contribution < -0.4 is 10.1 Å². The molecule has 0 aromatic heterocycles. The van der Waals surface area contributed by atoms with Gasteiger partial charge in [-0.05, 0) is 33.8 Å². The average Bonchev–Trinajstić information content (AvgIpc) is 2.67. The summed E-state index contributed by atoms with van der Waals surface area (Å²) in [5.74, 6) is 0.0576. The summed E-state index contributed by atoms with van der Waals surface area (Å²) >= 11 is 0. The summed E-state index contributed by atoms with van der Waals surface area (Å²) in [6.45, 7) is 6.04. The second-order valence-electron chi connectivity index (χ2n) is 7.68. The second kappa shape index (κ2) is 6.16. The number of rotatable bonds is 1. The first-order chi connectivity index (χ1) is 12.8. The number of amides is 1. The standard InChI is InChI=1S/C17H21N3O7S/c1-9-7-13-17(4,11-8-10(20(23)24)5-6-12(11)27-9)19-14(18-15(21)22)16(2,3)28(13,25)26/h5-6,8-9,13H,7H2,1-4H3,(H,18,19)(H,21,22)/t9?,13?,17-/m1/s1. The number of fused-ring (bicyclic) bond motifs is 3. The number of sulfone groups is 1. The summed E-state index contributed by atoms with van der Waals surface area (Å²) in [6, 6.07) is 3.94. The highest BCUT2D eigenvalue weighted by molar-refractivity contribution is 7.94. The minimum atomic E-state index is -3.95. The van der Waals surface area contributed by atoms with Crippen molar-refractivity contribution in [3.05, 3.63) is 33.9 Å². The highest BCUT2D eigenvalue weighted by Gasteiger charge is 2.59. The Morgan fingerprint density at radius 1 is 1.39 bits per heavy atom. The molecule has 2 aliphatic rings. The fourth-order valence-corrected chi connectivity index (χ4v) is 6.18. The highest BCUT2D eigenvalue weighted by atomic mass is 32.2. The van der Waals surface area contributed by atoms with Gasteiger partial charge in [-0.3, -0.25) is 20.4 Å². The topological polar surface area (TPSA) is 148 Å². The molecule has 2 heterocycles. The first-order valence-electron chi connectivity index (χ1n) is 8.60. The molecule has 28 heavy (non-hydrogen) atoms. The predicted octanol–water partition coefficient (Wildman–Crippen LogP) is 2.22. The molecule has 0 aliphatic carbocycles. The number of non-ortho nitro benzene ring substituents is 1. The van der Waals surface area contributed by atoms with Crippen molar-refractivity contribution in [2.24, 2.45) is 4.99 Å². The zero-order chi connectivity index (χ0) is 21.1. The molecule has 0 bridgehead atoms. The van der Waals surface area contributed by atoms with E-state index in [9.17, 15) is 23.3 Å². The van der Waals surface area contributed by atoms with E-state index < -0.39 is 42.5 Å². The number of nitro groups is 1. The molecule has 152 valence electrons. The maximum atomic E-state index is 13.5. The van der Waals surface area contributed by atoms with Crippen LogP contribution in [0.2, 0.25) is 0 Å². The lowest BCUT2D eigenvalue weighted by molar-refractivity contribution is -0.385. The normalized spacial score (nSPS) is 29.9. The van der Waals surface area contributed by atoms with Crippen molar-refractivity contribution in [1.29, 1.82) is 0 Å². The van der Waals surface area contributed by atoms with Crippen molar-refractivity contribution >= 4 is 27.5 Å². The van der Waals surface area contributed by atoms with E-state index in [2.05, 4.69) is 10.3 Å².